The van der Waals surface area contributed by atoms with Crippen LogP contribution < -0.4 is 4.31 Å². The maximum atomic E-state index is 12.9. The van der Waals surface area contributed by atoms with Gasteiger partial charge in [-0.15, -0.1) is 0 Å². The monoisotopic (exact) mass is 414 g/mol. The smallest absolute Gasteiger partial charge is 0.253 e. The van der Waals surface area contributed by atoms with Gasteiger partial charge in [0.25, 0.3) is 5.91 Å². The highest BCUT2D eigenvalue weighted by Crippen LogP contribution is 2.34. The van der Waals surface area contributed by atoms with Crippen molar-refractivity contribution in [2.75, 3.05) is 42.9 Å². The van der Waals surface area contributed by atoms with Gasteiger partial charge in [-0.2, -0.15) is 0 Å². The quantitative estimate of drug-likeness (QED) is 0.741. The molecule has 0 bridgehead atoms. The summed E-state index contributed by atoms with van der Waals surface area (Å²) >= 11 is 6.27. The summed E-state index contributed by atoms with van der Waals surface area (Å²) in [5, 5.41) is 0.336. The second kappa shape index (κ2) is 7.24. The third kappa shape index (κ3) is 3.68. The number of hydrogen-bond donors (Lipinski definition) is 0. The zero-order valence-electron chi connectivity index (χ0n) is 15.0. The number of carbonyl (C=O) groups excluding carboxylic acids is 1. The second-order valence-electron chi connectivity index (χ2n) is 7.16. The molecule has 27 heavy (non-hydrogen) atoms. The Balaban J connectivity index is 1.53. The predicted molar refractivity (Wildman–Crippen MR) is 102 cm³/mol. The van der Waals surface area contributed by atoms with Crippen LogP contribution in [0, 0.1) is 0 Å². The highest BCUT2D eigenvalue weighted by Gasteiger charge is 2.41. The van der Waals surface area contributed by atoms with Gasteiger partial charge < -0.3 is 14.4 Å². The van der Waals surface area contributed by atoms with Gasteiger partial charge in [-0.25, -0.2) is 8.42 Å². The molecule has 3 heterocycles. The molecule has 0 saturated carbocycles. The van der Waals surface area contributed by atoms with E-state index in [0.29, 0.717) is 68.4 Å². The lowest BCUT2D eigenvalue weighted by atomic mass is 10.0. The number of anilines is 1. The molecule has 7 nitrogen and oxygen atoms in total. The van der Waals surface area contributed by atoms with Crippen molar-refractivity contribution in [2.45, 2.75) is 31.5 Å². The molecule has 0 unspecified atom stereocenters. The van der Waals surface area contributed by atoms with Gasteiger partial charge in [-0.1, -0.05) is 11.6 Å². The number of carbonyl (C=O) groups is 1. The minimum atomic E-state index is -3.39. The van der Waals surface area contributed by atoms with Gasteiger partial charge in [-0.05, 0) is 31.0 Å². The average molecular weight is 415 g/mol. The van der Waals surface area contributed by atoms with Crippen LogP contribution in [0.4, 0.5) is 5.69 Å². The van der Waals surface area contributed by atoms with E-state index in [1.54, 1.807) is 23.1 Å². The first kappa shape index (κ1) is 19.0. The zero-order chi connectivity index (χ0) is 19.1. The molecule has 1 aromatic rings. The van der Waals surface area contributed by atoms with Gasteiger partial charge >= 0.3 is 0 Å². The summed E-state index contributed by atoms with van der Waals surface area (Å²) in [5.41, 5.74) is 0.831. The summed E-state index contributed by atoms with van der Waals surface area (Å²) in [6.07, 6.45) is 2.70. The number of ether oxygens (including phenoxy) is 2. The number of amides is 1. The highest BCUT2D eigenvalue weighted by molar-refractivity contribution is 7.92. The molecule has 0 N–H and O–H groups in total. The van der Waals surface area contributed by atoms with Gasteiger partial charge in [0.05, 0.1) is 29.7 Å². The van der Waals surface area contributed by atoms with Gasteiger partial charge in [0.15, 0.2) is 5.79 Å². The van der Waals surface area contributed by atoms with Crippen molar-refractivity contribution < 1.29 is 22.7 Å². The van der Waals surface area contributed by atoms with E-state index in [9.17, 15) is 13.2 Å². The van der Waals surface area contributed by atoms with Crippen molar-refractivity contribution in [3.8, 4) is 0 Å². The minimum absolute atomic E-state index is 0.107. The Hall–Kier alpha value is -1.35. The average Bonchev–Trinajstić information content (AvgIpc) is 3.10. The van der Waals surface area contributed by atoms with Crippen LogP contribution in [0.15, 0.2) is 18.2 Å². The Morgan fingerprint density at radius 2 is 1.78 bits per heavy atom. The van der Waals surface area contributed by atoms with Crippen LogP contribution in [-0.4, -0.2) is 63.6 Å². The lowest BCUT2D eigenvalue weighted by Crippen LogP contribution is -2.47. The first-order valence-electron chi connectivity index (χ1n) is 9.27. The molecule has 1 spiro atoms. The number of rotatable bonds is 2. The largest absolute Gasteiger partial charge is 0.347 e. The Kier molecular flexibility index (Phi) is 5.09. The summed E-state index contributed by atoms with van der Waals surface area (Å²) in [5.74, 6) is -0.560. The third-order valence-electron chi connectivity index (χ3n) is 5.44. The van der Waals surface area contributed by atoms with Gasteiger partial charge in [-0.3, -0.25) is 9.10 Å². The molecule has 9 heteroatoms. The number of halogens is 1. The molecule has 3 aliphatic rings. The Labute approximate surface area is 164 Å². The van der Waals surface area contributed by atoms with E-state index < -0.39 is 15.8 Å². The van der Waals surface area contributed by atoms with E-state index in [2.05, 4.69) is 0 Å². The van der Waals surface area contributed by atoms with Gasteiger partial charge in [0.1, 0.15) is 0 Å². The van der Waals surface area contributed by atoms with Gasteiger partial charge in [0.2, 0.25) is 10.0 Å². The van der Waals surface area contributed by atoms with Gasteiger partial charge in [0, 0.05) is 38.0 Å². The van der Waals surface area contributed by atoms with Crippen LogP contribution >= 0.6 is 11.6 Å². The molecular formula is C18H23ClN2O5S. The number of benzene rings is 1. The molecule has 3 saturated heterocycles. The normalized spacial score (nSPS) is 24.3. The predicted octanol–water partition coefficient (Wildman–Crippen LogP) is 2.25. The molecule has 3 aliphatic heterocycles. The second-order valence-corrected chi connectivity index (χ2v) is 9.58. The van der Waals surface area contributed by atoms with E-state index in [1.807, 2.05) is 0 Å². The van der Waals surface area contributed by atoms with Crippen LogP contribution in [0.3, 0.4) is 0 Å². The summed E-state index contributed by atoms with van der Waals surface area (Å²) in [6, 6.07) is 4.85. The maximum Gasteiger partial charge on any atom is 0.253 e. The molecular weight excluding hydrogens is 392 g/mol. The van der Waals surface area contributed by atoms with Crippen molar-refractivity contribution >= 4 is 33.2 Å². The zero-order valence-corrected chi connectivity index (χ0v) is 16.6. The van der Waals surface area contributed by atoms with E-state index in [1.165, 1.54) is 4.31 Å². The Bertz CT molecular complexity index is 828. The number of likely N-dealkylation sites (tertiary alicyclic amines) is 1. The fourth-order valence-electron chi connectivity index (χ4n) is 3.92. The molecule has 0 aromatic heterocycles. The highest BCUT2D eigenvalue weighted by atomic mass is 35.5. The standard InChI is InChI=1S/C18H23ClN2O5S/c19-15-4-3-14(13-16(15)21-7-1-2-12-27(21,23)24)17(22)20-8-5-18(6-9-20)25-10-11-26-18/h3-4,13H,1-2,5-12H2. The molecule has 3 fully saturated rings. The van der Waals surface area contributed by atoms with Crippen LogP contribution in [-0.2, 0) is 19.5 Å². The summed E-state index contributed by atoms with van der Waals surface area (Å²) < 4.78 is 37.5. The number of nitrogens with zero attached hydrogens (tertiary/aromatic N) is 2. The maximum absolute atomic E-state index is 12.9. The molecule has 4 rings (SSSR count). The lowest BCUT2D eigenvalue weighted by Gasteiger charge is -2.37. The van der Waals surface area contributed by atoms with Crippen molar-refractivity contribution in [1.82, 2.24) is 4.90 Å². The Morgan fingerprint density at radius 1 is 1.07 bits per heavy atom. The molecule has 1 amide bonds. The number of piperidine rings is 1. The van der Waals surface area contributed by atoms with Crippen LogP contribution in [0.2, 0.25) is 5.02 Å². The molecule has 0 aliphatic carbocycles. The molecule has 0 atom stereocenters. The van der Waals surface area contributed by atoms with E-state index in [4.69, 9.17) is 21.1 Å². The summed E-state index contributed by atoms with van der Waals surface area (Å²) in [6.45, 7) is 2.66. The number of hydrogen-bond acceptors (Lipinski definition) is 5. The fourth-order valence-corrected chi connectivity index (χ4v) is 5.83. The Morgan fingerprint density at radius 3 is 2.44 bits per heavy atom. The van der Waals surface area contributed by atoms with E-state index >= 15 is 0 Å². The van der Waals surface area contributed by atoms with Crippen LogP contribution in [0.25, 0.3) is 0 Å². The van der Waals surface area contributed by atoms with Crippen molar-refractivity contribution in [1.29, 1.82) is 0 Å². The summed E-state index contributed by atoms with van der Waals surface area (Å²) in [4.78, 5) is 14.7. The van der Waals surface area contributed by atoms with Crippen molar-refractivity contribution in [3.63, 3.8) is 0 Å². The van der Waals surface area contributed by atoms with Crippen LogP contribution in [0.5, 0.6) is 0 Å². The van der Waals surface area contributed by atoms with Crippen molar-refractivity contribution in [2.24, 2.45) is 0 Å². The van der Waals surface area contributed by atoms with Crippen LogP contribution in [0.1, 0.15) is 36.0 Å². The fraction of sp³-hybridized carbons (Fsp3) is 0.611. The summed E-state index contributed by atoms with van der Waals surface area (Å²) in [7, 11) is -3.39. The lowest BCUT2D eigenvalue weighted by molar-refractivity contribution is -0.181. The first-order chi connectivity index (χ1) is 12.9. The van der Waals surface area contributed by atoms with E-state index in [-0.39, 0.29) is 11.7 Å². The number of sulfonamides is 1. The molecule has 0 radical (unpaired) electrons. The first-order valence-corrected chi connectivity index (χ1v) is 11.3. The molecule has 148 valence electrons. The van der Waals surface area contributed by atoms with E-state index in [0.717, 1.165) is 6.42 Å². The molecule has 1 aromatic carbocycles. The topological polar surface area (TPSA) is 76.2 Å². The minimum Gasteiger partial charge on any atom is -0.347 e. The SMILES string of the molecule is O=C(c1ccc(Cl)c(N2CCCCS2(=O)=O)c1)N1CCC2(CC1)OCCO2. The van der Waals surface area contributed by atoms with Crippen molar-refractivity contribution in [3.05, 3.63) is 28.8 Å². The third-order valence-corrected chi connectivity index (χ3v) is 7.61.